The van der Waals surface area contributed by atoms with Gasteiger partial charge in [-0.3, -0.25) is 0 Å². The van der Waals surface area contributed by atoms with E-state index < -0.39 is 0 Å². The van der Waals surface area contributed by atoms with E-state index >= 15 is 0 Å². The number of aliphatic hydroxyl groups excluding tert-OH is 1. The van der Waals surface area contributed by atoms with Crippen molar-refractivity contribution in [3.05, 3.63) is 0 Å². The van der Waals surface area contributed by atoms with E-state index in [2.05, 4.69) is 10.6 Å². The largest absolute Gasteiger partial charge is 0.392 e. The Labute approximate surface area is 79.9 Å². The second-order valence-electron chi connectivity index (χ2n) is 4.37. The van der Waals surface area contributed by atoms with Gasteiger partial charge in [0.1, 0.15) is 0 Å². The number of hydrogen-bond acceptors (Lipinski definition) is 3. The lowest BCUT2D eigenvalue weighted by atomic mass is 9.93. The lowest BCUT2D eigenvalue weighted by molar-refractivity contribution is 0.192. The Bertz CT molecular complexity index is 159. The average molecular weight is 184 g/mol. The summed E-state index contributed by atoms with van der Waals surface area (Å²) in [5.41, 5.74) is 0. The van der Waals surface area contributed by atoms with Crippen molar-refractivity contribution < 1.29 is 5.11 Å². The highest BCUT2D eigenvalue weighted by Gasteiger charge is 2.22. The first-order chi connectivity index (χ1) is 6.34. The first-order valence-corrected chi connectivity index (χ1v) is 5.49. The van der Waals surface area contributed by atoms with E-state index in [-0.39, 0.29) is 6.10 Å². The molecular weight excluding hydrogens is 164 g/mol. The highest BCUT2D eigenvalue weighted by Crippen LogP contribution is 2.18. The summed E-state index contributed by atoms with van der Waals surface area (Å²) in [5, 5.41) is 16.1. The topological polar surface area (TPSA) is 44.3 Å². The molecule has 1 saturated heterocycles. The van der Waals surface area contributed by atoms with Crippen LogP contribution in [0.3, 0.4) is 0 Å². The molecule has 0 spiro atoms. The summed E-state index contributed by atoms with van der Waals surface area (Å²) in [4.78, 5) is 0. The van der Waals surface area contributed by atoms with Crippen LogP contribution in [0.2, 0.25) is 0 Å². The fraction of sp³-hybridized carbons (Fsp3) is 1.00. The number of β-amino-alcohol motifs (C(OH)–C–C–N with tert-alkyl or cyclic N) is 1. The molecule has 2 fully saturated rings. The lowest BCUT2D eigenvalue weighted by Gasteiger charge is -2.27. The molecule has 3 N–H and O–H groups in total. The Morgan fingerprint density at radius 3 is 2.77 bits per heavy atom. The van der Waals surface area contributed by atoms with Gasteiger partial charge in [-0.2, -0.15) is 0 Å². The molecule has 3 nitrogen and oxygen atoms in total. The van der Waals surface area contributed by atoms with Gasteiger partial charge in [-0.1, -0.05) is 6.42 Å². The minimum absolute atomic E-state index is 0.103. The normalized spacial score (nSPS) is 34.8. The van der Waals surface area contributed by atoms with Crippen molar-refractivity contribution in [1.82, 2.24) is 10.6 Å². The summed E-state index contributed by atoms with van der Waals surface area (Å²) < 4.78 is 0. The third-order valence-corrected chi connectivity index (χ3v) is 3.23. The van der Waals surface area contributed by atoms with Crippen molar-refractivity contribution >= 4 is 0 Å². The van der Waals surface area contributed by atoms with Gasteiger partial charge in [0.2, 0.25) is 0 Å². The van der Waals surface area contributed by atoms with Gasteiger partial charge >= 0.3 is 0 Å². The van der Waals surface area contributed by atoms with Gasteiger partial charge in [0.25, 0.3) is 0 Å². The lowest BCUT2D eigenvalue weighted by Crippen LogP contribution is -2.37. The van der Waals surface area contributed by atoms with Gasteiger partial charge in [0.05, 0.1) is 6.10 Å². The van der Waals surface area contributed by atoms with Crippen LogP contribution < -0.4 is 10.6 Å². The molecule has 1 aliphatic heterocycles. The molecule has 0 bridgehead atoms. The van der Waals surface area contributed by atoms with Crippen LogP contribution in [0, 0.1) is 0 Å². The minimum atomic E-state index is -0.103. The van der Waals surface area contributed by atoms with Gasteiger partial charge in [0.15, 0.2) is 0 Å². The van der Waals surface area contributed by atoms with Crippen molar-refractivity contribution in [1.29, 1.82) is 0 Å². The summed E-state index contributed by atoms with van der Waals surface area (Å²) in [6.07, 6.45) is 6.12. The quantitative estimate of drug-likeness (QED) is 0.586. The van der Waals surface area contributed by atoms with Crippen molar-refractivity contribution in [3.8, 4) is 0 Å². The van der Waals surface area contributed by atoms with Crippen LogP contribution in [0.1, 0.15) is 32.1 Å². The van der Waals surface area contributed by atoms with Crippen LogP contribution in [0.4, 0.5) is 0 Å². The van der Waals surface area contributed by atoms with Gasteiger partial charge in [-0.25, -0.2) is 0 Å². The third kappa shape index (κ3) is 2.66. The molecule has 0 aromatic heterocycles. The van der Waals surface area contributed by atoms with Crippen LogP contribution in [-0.4, -0.2) is 36.4 Å². The summed E-state index contributed by atoms with van der Waals surface area (Å²) in [7, 11) is 0. The molecule has 76 valence electrons. The summed E-state index contributed by atoms with van der Waals surface area (Å²) in [6.45, 7) is 1.89. The van der Waals surface area contributed by atoms with Gasteiger partial charge in [-0.05, 0) is 32.2 Å². The number of aliphatic hydroxyl groups is 1. The van der Waals surface area contributed by atoms with Gasteiger partial charge in [0, 0.05) is 18.6 Å². The molecule has 1 saturated carbocycles. The van der Waals surface area contributed by atoms with Crippen molar-refractivity contribution in [3.63, 3.8) is 0 Å². The SMILES string of the molecule is OC1CNC(CCNC2CCC2)C1. The number of rotatable bonds is 4. The molecular formula is C10H20N2O. The fourth-order valence-corrected chi connectivity index (χ4v) is 2.09. The van der Waals surface area contributed by atoms with E-state index in [9.17, 15) is 5.11 Å². The molecule has 13 heavy (non-hydrogen) atoms. The van der Waals surface area contributed by atoms with E-state index in [1.165, 1.54) is 19.3 Å². The molecule has 0 aromatic rings. The fourth-order valence-electron chi connectivity index (χ4n) is 2.09. The molecule has 1 aliphatic carbocycles. The first-order valence-electron chi connectivity index (χ1n) is 5.49. The predicted molar refractivity (Wildman–Crippen MR) is 52.7 cm³/mol. The predicted octanol–water partition coefficient (Wildman–Crippen LogP) is 0.241. The summed E-state index contributed by atoms with van der Waals surface area (Å²) in [6, 6.07) is 1.34. The van der Waals surface area contributed by atoms with Crippen molar-refractivity contribution in [2.24, 2.45) is 0 Å². The molecule has 3 heteroatoms. The Balaban J connectivity index is 1.52. The standard InChI is InChI=1S/C10H20N2O/c13-10-6-9(12-7-10)4-5-11-8-2-1-3-8/h8-13H,1-7H2. The Hall–Kier alpha value is -0.120. The molecule has 1 heterocycles. The third-order valence-electron chi connectivity index (χ3n) is 3.23. The van der Waals surface area contributed by atoms with Crippen LogP contribution in [0.25, 0.3) is 0 Å². The zero-order valence-corrected chi connectivity index (χ0v) is 8.13. The molecule has 2 unspecified atom stereocenters. The maximum atomic E-state index is 9.28. The van der Waals surface area contributed by atoms with Gasteiger partial charge in [-0.15, -0.1) is 0 Å². The average Bonchev–Trinajstić information content (AvgIpc) is 2.42. The monoisotopic (exact) mass is 184 g/mol. The van der Waals surface area contributed by atoms with Crippen LogP contribution in [-0.2, 0) is 0 Å². The second-order valence-corrected chi connectivity index (χ2v) is 4.37. The molecule has 0 amide bonds. The molecule has 2 atom stereocenters. The van der Waals surface area contributed by atoms with Crippen molar-refractivity contribution in [2.45, 2.75) is 50.3 Å². The molecule has 2 rings (SSSR count). The number of nitrogens with one attached hydrogen (secondary N) is 2. The zero-order chi connectivity index (χ0) is 9.10. The highest BCUT2D eigenvalue weighted by atomic mass is 16.3. The van der Waals surface area contributed by atoms with E-state index in [0.717, 1.165) is 32.0 Å². The molecule has 2 aliphatic rings. The minimum Gasteiger partial charge on any atom is -0.392 e. The summed E-state index contributed by atoms with van der Waals surface area (Å²) in [5.74, 6) is 0. The maximum absolute atomic E-state index is 9.28. The summed E-state index contributed by atoms with van der Waals surface area (Å²) >= 11 is 0. The molecule has 0 radical (unpaired) electrons. The Morgan fingerprint density at radius 2 is 2.23 bits per heavy atom. The molecule has 0 aromatic carbocycles. The van der Waals surface area contributed by atoms with E-state index in [4.69, 9.17) is 0 Å². The maximum Gasteiger partial charge on any atom is 0.0679 e. The van der Waals surface area contributed by atoms with E-state index in [0.29, 0.717) is 6.04 Å². The Morgan fingerprint density at radius 1 is 1.38 bits per heavy atom. The number of hydrogen-bond donors (Lipinski definition) is 3. The second kappa shape index (κ2) is 4.40. The highest BCUT2D eigenvalue weighted by molar-refractivity contribution is 4.83. The first kappa shape index (κ1) is 9.44. The van der Waals surface area contributed by atoms with E-state index in [1.807, 2.05) is 0 Å². The zero-order valence-electron chi connectivity index (χ0n) is 8.13. The smallest absolute Gasteiger partial charge is 0.0679 e. The van der Waals surface area contributed by atoms with E-state index in [1.54, 1.807) is 0 Å². The Kier molecular flexibility index (Phi) is 3.19. The van der Waals surface area contributed by atoms with Crippen LogP contribution in [0.5, 0.6) is 0 Å². The van der Waals surface area contributed by atoms with Crippen LogP contribution >= 0.6 is 0 Å². The van der Waals surface area contributed by atoms with Gasteiger partial charge < -0.3 is 15.7 Å². The van der Waals surface area contributed by atoms with Crippen LogP contribution in [0.15, 0.2) is 0 Å². The van der Waals surface area contributed by atoms with Crippen molar-refractivity contribution in [2.75, 3.05) is 13.1 Å².